The number of urea groups is 1. The summed E-state index contributed by atoms with van der Waals surface area (Å²) in [4.78, 5) is 23.7. The van der Waals surface area contributed by atoms with Crippen LogP contribution in [0.2, 0.25) is 0 Å². The molecule has 3 N–H and O–H groups in total. The van der Waals surface area contributed by atoms with Crippen molar-refractivity contribution in [2.24, 2.45) is 0 Å². The molecule has 6 heteroatoms. The highest BCUT2D eigenvalue weighted by molar-refractivity contribution is 5.77. The number of hydrogen-bond acceptors (Lipinski definition) is 3. The lowest BCUT2D eigenvalue weighted by molar-refractivity contribution is -0.137. The first-order valence-electron chi connectivity index (χ1n) is 5.61. The monoisotopic (exact) mass is 227 g/mol. The smallest absolute Gasteiger partial charge is 0.315 e. The third-order valence-corrected chi connectivity index (χ3v) is 3.41. The van der Waals surface area contributed by atoms with Gasteiger partial charge in [-0.05, 0) is 19.9 Å². The number of carboxylic acid groups (broad SMARTS) is 1. The van der Waals surface area contributed by atoms with E-state index in [4.69, 9.17) is 5.11 Å². The minimum absolute atomic E-state index is 0.0907. The van der Waals surface area contributed by atoms with Gasteiger partial charge in [0.05, 0.1) is 12.1 Å². The third kappa shape index (κ3) is 2.11. The highest BCUT2D eigenvalue weighted by atomic mass is 16.4. The van der Waals surface area contributed by atoms with E-state index >= 15 is 0 Å². The Morgan fingerprint density at radius 1 is 1.56 bits per heavy atom. The molecule has 0 spiro atoms. The Morgan fingerprint density at radius 3 is 2.94 bits per heavy atom. The molecule has 0 unspecified atom stereocenters. The molecule has 0 aliphatic carbocycles. The van der Waals surface area contributed by atoms with Gasteiger partial charge >= 0.3 is 12.0 Å². The summed E-state index contributed by atoms with van der Waals surface area (Å²) in [5.41, 5.74) is 0. The van der Waals surface area contributed by atoms with Crippen LogP contribution in [-0.4, -0.2) is 53.2 Å². The van der Waals surface area contributed by atoms with Gasteiger partial charge in [-0.15, -0.1) is 0 Å². The van der Waals surface area contributed by atoms with Crippen molar-refractivity contribution < 1.29 is 14.7 Å². The first kappa shape index (κ1) is 11.2. The van der Waals surface area contributed by atoms with Gasteiger partial charge in [-0.2, -0.15) is 0 Å². The largest absolute Gasteiger partial charge is 0.481 e. The first-order valence-corrected chi connectivity index (χ1v) is 5.61. The lowest BCUT2D eigenvalue weighted by Crippen LogP contribution is -2.41. The summed E-state index contributed by atoms with van der Waals surface area (Å²) >= 11 is 0. The highest BCUT2D eigenvalue weighted by Gasteiger charge is 2.44. The maximum Gasteiger partial charge on any atom is 0.315 e. The minimum Gasteiger partial charge on any atom is -0.481 e. The Bertz CT molecular complexity index is 308. The quantitative estimate of drug-likeness (QED) is 0.610. The van der Waals surface area contributed by atoms with Crippen LogP contribution in [0.25, 0.3) is 0 Å². The normalized spacial score (nSPS) is 33.3. The number of nitrogens with one attached hydrogen (secondary N) is 2. The Hall–Kier alpha value is -1.30. The van der Waals surface area contributed by atoms with E-state index in [1.807, 2.05) is 0 Å². The average molecular weight is 227 g/mol. The Labute approximate surface area is 94.0 Å². The predicted octanol–water partition coefficient (Wildman–Crippen LogP) is -0.395. The van der Waals surface area contributed by atoms with E-state index in [1.165, 1.54) is 0 Å². The molecule has 16 heavy (non-hydrogen) atoms. The van der Waals surface area contributed by atoms with Gasteiger partial charge in [0, 0.05) is 19.0 Å². The molecular formula is C10H17N3O3. The molecule has 0 aromatic carbocycles. The number of likely N-dealkylation sites (tertiary alicyclic amines) is 1. The van der Waals surface area contributed by atoms with Crippen LogP contribution in [0.1, 0.15) is 19.8 Å². The SMILES string of the molecule is C[C@@H]1[C@@H]2NC(=O)N[C@H]2CN1CCCC(=O)O. The number of carbonyl (C=O) groups excluding carboxylic acids is 1. The molecule has 2 amide bonds. The molecule has 0 radical (unpaired) electrons. The topological polar surface area (TPSA) is 81.7 Å². The molecule has 0 aromatic heterocycles. The summed E-state index contributed by atoms with van der Waals surface area (Å²) in [6.45, 7) is 3.65. The van der Waals surface area contributed by atoms with Crippen LogP contribution >= 0.6 is 0 Å². The lowest BCUT2D eigenvalue weighted by Gasteiger charge is -2.23. The molecule has 2 aliphatic heterocycles. The van der Waals surface area contributed by atoms with Crippen molar-refractivity contribution in [3.05, 3.63) is 0 Å². The second-order valence-electron chi connectivity index (χ2n) is 4.48. The summed E-state index contributed by atoms with van der Waals surface area (Å²) in [5.74, 6) is -0.751. The van der Waals surface area contributed by atoms with Gasteiger partial charge in [0.25, 0.3) is 0 Å². The summed E-state index contributed by atoms with van der Waals surface area (Å²) in [5, 5.41) is 14.3. The fourth-order valence-corrected chi connectivity index (χ4v) is 2.54. The second kappa shape index (κ2) is 4.29. The van der Waals surface area contributed by atoms with Crippen molar-refractivity contribution in [3.8, 4) is 0 Å². The van der Waals surface area contributed by atoms with E-state index in [9.17, 15) is 9.59 Å². The summed E-state index contributed by atoms with van der Waals surface area (Å²) in [7, 11) is 0. The summed E-state index contributed by atoms with van der Waals surface area (Å²) in [6.07, 6.45) is 0.866. The molecule has 0 aromatic rings. The van der Waals surface area contributed by atoms with Crippen molar-refractivity contribution in [2.75, 3.05) is 13.1 Å². The van der Waals surface area contributed by atoms with Gasteiger partial charge in [-0.25, -0.2) is 4.79 Å². The molecular weight excluding hydrogens is 210 g/mol. The number of rotatable bonds is 4. The summed E-state index contributed by atoms with van der Waals surface area (Å²) < 4.78 is 0. The molecule has 2 rings (SSSR count). The van der Waals surface area contributed by atoms with Crippen molar-refractivity contribution >= 4 is 12.0 Å². The zero-order valence-corrected chi connectivity index (χ0v) is 9.27. The van der Waals surface area contributed by atoms with Crippen LogP contribution in [-0.2, 0) is 4.79 Å². The minimum atomic E-state index is -0.751. The van der Waals surface area contributed by atoms with E-state index < -0.39 is 5.97 Å². The van der Waals surface area contributed by atoms with Crippen LogP contribution < -0.4 is 10.6 Å². The molecule has 3 atom stereocenters. The molecule has 2 heterocycles. The van der Waals surface area contributed by atoms with Crippen LogP contribution in [0.3, 0.4) is 0 Å². The zero-order valence-electron chi connectivity index (χ0n) is 9.27. The molecule has 90 valence electrons. The predicted molar refractivity (Wildman–Crippen MR) is 57.1 cm³/mol. The lowest BCUT2D eigenvalue weighted by atomic mass is 10.1. The van der Waals surface area contributed by atoms with Crippen LogP contribution in [0, 0.1) is 0 Å². The standard InChI is InChI=1S/C10H17N3O3/c1-6-9-7(11-10(16)12-9)5-13(6)4-2-3-8(14)15/h6-7,9H,2-5H2,1H3,(H,14,15)(H2,11,12,16)/t6-,7+,9+/m1/s1. The fourth-order valence-electron chi connectivity index (χ4n) is 2.54. The third-order valence-electron chi connectivity index (χ3n) is 3.41. The maximum atomic E-state index is 11.1. The molecule has 6 nitrogen and oxygen atoms in total. The maximum absolute atomic E-state index is 11.1. The molecule has 2 fully saturated rings. The number of hydrogen-bond donors (Lipinski definition) is 3. The fraction of sp³-hybridized carbons (Fsp3) is 0.800. The van der Waals surface area contributed by atoms with Crippen molar-refractivity contribution in [2.45, 2.75) is 37.9 Å². The van der Waals surface area contributed by atoms with Crippen molar-refractivity contribution in [1.29, 1.82) is 0 Å². The van der Waals surface area contributed by atoms with E-state index in [0.29, 0.717) is 6.42 Å². The van der Waals surface area contributed by atoms with Gasteiger partial charge in [0.2, 0.25) is 0 Å². The van der Waals surface area contributed by atoms with Crippen LogP contribution in [0.5, 0.6) is 0 Å². The van der Waals surface area contributed by atoms with E-state index in [0.717, 1.165) is 13.1 Å². The van der Waals surface area contributed by atoms with Gasteiger partial charge in [-0.3, -0.25) is 9.69 Å². The van der Waals surface area contributed by atoms with Crippen molar-refractivity contribution in [3.63, 3.8) is 0 Å². The summed E-state index contributed by atoms with van der Waals surface area (Å²) in [6, 6.07) is 0.523. The van der Waals surface area contributed by atoms with Crippen LogP contribution in [0.15, 0.2) is 0 Å². The number of aliphatic carboxylic acids is 1. The van der Waals surface area contributed by atoms with Gasteiger partial charge in [0.1, 0.15) is 0 Å². The molecule has 0 bridgehead atoms. The number of amides is 2. The van der Waals surface area contributed by atoms with Crippen LogP contribution in [0.4, 0.5) is 4.79 Å². The number of carbonyl (C=O) groups is 2. The van der Waals surface area contributed by atoms with Gasteiger partial charge < -0.3 is 15.7 Å². The van der Waals surface area contributed by atoms with Gasteiger partial charge in [-0.1, -0.05) is 0 Å². The molecule has 0 saturated carbocycles. The highest BCUT2D eigenvalue weighted by Crippen LogP contribution is 2.21. The second-order valence-corrected chi connectivity index (χ2v) is 4.48. The Morgan fingerprint density at radius 2 is 2.31 bits per heavy atom. The van der Waals surface area contributed by atoms with E-state index in [2.05, 4.69) is 22.5 Å². The molecule has 2 saturated heterocycles. The average Bonchev–Trinajstić information content (AvgIpc) is 2.67. The number of nitrogens with zero attached hydrogens (tertiary/aromatic N) is 1. The first-order chi connectivity index (χ1) is 7.58. The number of fused-ring (bicyclic) bond motifs is 1. The number of carboxylic acids is 1. The molecule has 2 aliphatic rings. The van der Waals surface area contributed by atoms with E-state index in [-0.39, 0.29) is 30.6 Å². The van der Waals surface area contributed by atoms with Gasteiger partial charge in [0.15, 0.2) is 0 Å². The van der Waals surface area contributed by atoms with Crippen molar-refractivity contribution in [1.82, 2.24) is 15.5 Å². The Balaban J connectivity index is 1.81. The Kier molecular flexibility index (Phi) is 3.00. The van der Waals surface area contributed by atoms with E-state index in [1.54, 1.807) is 0 Å². The zero-order chi connectivity index (χ0) is 11.7.